The minimum Gasteiger partial charge on any atom is -0.472 e. The summed E-state index contributed by atoms with van der Waals surface area (Å²) in [5.74, 6) is -2.24. The molecule has 52 heavy (non-hydrogen) atoms. The van der Waals surface area contributed by atoms with E-state index in [-0.39, 0.29) is 30.9 Å². The van der Waals surface area contributed by atoms with E-state index < -0.39 is 63.5 Å². The normalized spacial score (nSPS) is 25.2. The quantitative estimate of drug-likeness (QED) is 0.273. The van der Waals surface area contributed by atoms with Gasteiger partial charge in [-0.05, 0) is 73.7 Å². The zero-order valence-electron chi connectivity index (χ0n) is 29.2. The van der Waals surface area contributed by atoms with E-state index in [1.807, 2.05) is 25.1 Å². The molecule has 4 amide bonds. The number of pyridine rings is 1. The van der Waals surface area contributed by atoms with Gasteiger partial charge in [0.15, 0.2) is 0 Å². The van der Waals surface area contributed by atoms with Gasteiger partial charge in [-0.15, -0.1) is 6.58 Å². The fourth-order valence-electron chi connectivity index (χ4n) is 7.00. The highest BCUT2D eigenvalue weighted by Gasteiger charge is 2.61. The third kappa shape index (κ3) is 8.06. The lowest BCUT2D eigenvalue weighted by molar-refractivity contribution is -0.141. The van der Waals surface area contributed by atoms with E-state index in [0.29, 0.717) is 25.1 Å². The molecule has 276 valence electrons. The topological polar surface area (TPSA) is 173 Å². The van der Waals surface area contributed by atoms with Crippen molar-refractivity contribution in [1.29, 1.82) is 0 Å². The highest BCUT2D eigenvalue weighted by atomic mass is 32.2. The van der Waals surface area contributed by atoms with Crippen LogP contribution in [0.15, 0.2) is 78.3 Å². The molecule has 4 bridgehead atoms. The molecule has 3 N–H and O–H groups in total. The Labute approximate surface area is 303 Å². The summed E-state index contributed by atoms with van der Waals surface area (Å²) in [4.78, 5) is 60.9. The van der Waals surface area contributed by atoms with E-state index in [0.717, 1.165) is 42.0 Å². The molecule has 3 aromatic rings. The Balaban J connectivity index is 1.30. The van der Waals surface area contributed by atoms with Gasteiger partial charge in [0.05, 0.1) is 18.0 Å². The number of sulfonamides is 1. The molecule has 5 atom stereocenters. The summed E-state index contributed by atoms with van der Waals surface area (Å²) in [6.07, 6.45) is 6.85. The number of unbranched alkanes of at least 4 members (excludes halogenated alkanes) is 1. The number of amides is 4. The first-order valence-corrected chi connectivity index (χ1v) is 19.4. The zero-order chi connectivity index (χ0) is 36.9. The van der Waals surface area contributed by atoms with Gasteiger partial charge >= 0.3 is 6.09 Å². The van der Waals surface area contributed by atoms with Gasteiger partial charge in [0, 0.05) is 23.9 Å². The number of carbonyl (C=O) groups excluding carboxylic acids is 4. The van der Waals surface area contributed by atoms with E-state index in [1.54, 1.807) is 12.3 Å². The Bertz CT molecular complexity index is 1940. The maximum absolute atomic E-state index is 14.3. The molecule has 2 fully saturated rings. The first kappa shape index (κ1) is 36.8. The first-order chi connectivity index (χ1) is 25.0. The van der Waals surface area contributed by atoms with Gasteiger partial charge in [-0.25, -0.2) is 22.9 Å². The Morgan fingerprint density at radius 2 is 1.92 bits per heavy atom. The van der Waals surface area contributed by atoms with Gasteiger partial charge in [0.1, 0.15) is 23.7 Å². The summed E-state index contributed by atoms with van der Waals surface area (Å²) in [6.45, 7) is 5.95. The fourth-order valence-corrected chi connectivity index (χ4v) is 8.06. The number of alkyl carbamates (subject to hydrolysis) is 1. The molecule has 2 aliphatic heterocycles. The van der Waals surface area contributed by atoms with Gasteiger partial charge < -0.3 is 25.0 Å². The van der Waals surface area contributed by atoms with Crippen molar-refractivity contribution in [3.63, 3.8) is 0 Å². The molecular formula is C38H45N5O8S. The van der Waals surface area contributed by atoms with Gasteiger partial charge in [-0.2, -0.15) is 0 Å². The Morgan fingerprint density at radius 1 is 1.12 bits per heavy atom. The van der Waals surface area contributed by atoms with Crippen LogP contribution in [0.5, 0.6) is 5.88 Å². The van der Waals surface area contributed by atoms with Crippen molar-refractivity contribution in [1.82, 2.24) is 25.2 Å². The van der Waals surface area contributed by atoms with Crippen LogP contribution >= 0.6 is 0 Å². The summed E-state index contributed by atoms with van der Waals surface area (Å²) >= 11 is 0. The summed E-state index contributed by atoms with van der Waals surface area (Å²) < 4.78 is 40.2. The predicted molar refractivity (Wildman–Crippen MR) is 193 cm³/mol. The second-order valence-electron chi connectivity index (χ2n) is 13.7. The fraction of sp³-hybridized carbons (Fsp3) is 0.447. The largest absolute Gasteiger partial charge is 0.472 e. The van der Waals surface area contributed by atoms with Crippen LogP contribution in [0.1, 0.15) is 63.9 Å². The van der Waals surface area contributed by atoms with Crippen LogP contribution in [0.3, 0.4) is 0 Å². The summed E-state index contributed by atoms with van der Waals surface area (Å²) in [6, 6.07) is 13.4. The van der Waals surface area contributed by atoms with E-state index in [9.17, 15) is 27.6 Å². The van der Waals surface area contributed by atoms with Gasteiger partial charge in [-0.1, -0.05) is 56.2 Å². The van der Waals surface area contributed by atoms with Crippen molar-refractivity contribution < 1.29 is 37.1 Å². The molecule has 14 heteroatoms. The molecule has 0 radical (unpaired) electrons. The van der Waals surface area contributed by atoms with Crippen molar-refractivity contribution >= 4 is 44.6 Å². The van der Waals surface area contributed by atoms with E-state index >= 15 is 0 Å². The first-order valence-electron chi connectivity index (χ1n) is 17.9. The molecule has 0 unspecified atom stereocenters. The lowest BCUT2D eigenvalue weighted by atomic mass is 10.0. The molecular weight excluding hydrogens is 687 g/mol. The predicted octanol–water partition coefficient (Wildman–Crippen LogP) is 4.16. The molecule has 13 nitrogen and oxygen atoms in total. The number of hydrogen-bond acceptors (Lipinski definition) is 9. The molecule has 3 heterocycles. The maximum Gasteiger partial charge on any atom is 0.407 e. The van der Waals surface area contributed by atoms with E-state index in [2.05, 4.69) is 33.0 Å². The lowest BCUT2D eigenvalue weighted by Crippen LogP contribution is -2.58. The third-order valence-corrected chi connectivity index (χ3v) is 11.4. The Hall–Kier alpha value is -4.98. The molecule has 1 aromatic heterocycles. The SMILES string of the molecule is C=C[C@@H]1C[C@]1(NC(=O)[C@@H]1C[C@H]2CN1C(=O)[C@H](CCCC)NC(=O)OCCCCCc1ccc3ccnc(c3c1)O2)C(=O)NS(=O)(=O)c1ccccc1. The van der Waals surface area contributed by atoms with Crippen LogP contribution < -0.4 is 20.1 Å². The Kier molecular flexibility index (Phi) is 11.1. The lowest BCUT2D eigenvalue weighted by Gasteiger charge is -2.29. The summed E-state index contributed by atoms with van der Waals surface area (Å²) in [7, 11) is -4.24. The van der Waals surface area contributed by atoms with Crippen molar-refractivity contribution in [2.45, 2.75) is 93.3 Å². The molecule has 1 aliphatic carbocycles. The number of cyclic esters (lactones) is 1. The van der Waals surface area contributed by atoms with Crippen molar-refractivity contribution in [3.05, 3.63) is 79.0 Å². The molecule has 1 saturated carbocycles. The standard InChI is InChI=1S/C38H45N5O8S/c1-3-5-15-31-35(45)43-24-28(51-34-30-21-25(16-17-26(30)18-19-39-34)12-8-7-11-20-50-37(47)40-31)22-32(43)33(44)41-38(23-27(38)4-2)36(46)42-52(48,49)29-13-9-6-10-14-29/h4,6,9-10,13-14,16-19,21,27-28,31-32H,2-3,5,7-8,11-12,15,20,22-24H2,1H3,(H,40,47)(H,41,44)(H,42,46)/t27-,28+,31+,32+,38-/m1/s1. The number of aromatic nitrogens is 1. The van der Waals surface area contributed by atoms with E-state index in [1.165, 1.54) is 35.2 Å². The Morgan fingerprint density at radius 3 is 2.67 bits per heavy atom. The molecule has 3 aliphatic rings. The highest BCUT2D eigenvalue weighted by molar-refractivity contribution is 7.90. The smallest absolute Gasteiger partial charge is 0.407 e. The number of rotatable bonds is 9. The summed E-state index contributed by atoms with van der Waals surface area (Å²) in [5.41, 5.74) is -0.499. The van der Waals surface area contributed by atoms with Crippen LogP contribution in [0.25, 0.3) is 10.8 Å². The monoisotopic (exact) mass is 731 g/mol. The second kappa shape index (κ2) is 15.7. The van der Waals surface area contributed by atoms with Crippen molar-refractivity contribution in [2.75, 3.05) is 13.2 Å². The molecule has 6 rings (SSSR count). The third-order valence-electron chi connectivity index (χ3n) is 10.0. The number of fused-ring (bicyclic) bond motifs is 3. The van der Waals surface area contributed by atoms with Gasteiger partial charge in [0.2, 0.25) is 17.7 Å². The number of aryl methyl sites for hydroxylation is 1. The number of carbonyl (C=O) groups is 4. The minimum atomic E-state index is -4.24. The maximum atomic E-state index is 14.3. The molecule has 1 saturated heterocycles. The minimum absolute atomic E-state index is 0.000497. The van der Waals surface area contributed by atoms with Crippen molar-refractivity contribution in [3.8, 4) is 5.88 Å². The number of nitrogens with one attached hydrogen (secondary N) is 3. The van der Waals surface area contributed by atoms with Gasteiger partial charge in [0.25, 0.3) is 15.9 Å². The summed E-state index contributed by atoms with van der Waals surface area (Å²) in [5, 5.41) is 7.26. The van der Waals surface area contributed by atoms with Gasteiger partial charge in [-0.3, -0.25) is 14.4 Å². The average molecular weight is 732 g/mol. The second-order valence-corrected chi connectivity index (χ2v) is 15.4. The molecule has 2 aromatic carbocycles. The zero-order valence-corrected chi connectivity index (χ0v) is 30.0. The molecule has 0 spiro atoms. The van der Waals surface area contributed by atoms with Crippen LogP contribution in [-0.2, 0) is 35.6 Å². The van der Waals surface area contributed by atoms with Crippen LogP contribution in [0.2, 0.25) is 0 Å². The average Bonchev–Trinajstić information content (AvgIpc) is 3.70. The van der Waals surface area contributed by atoms with E-state index in [4.69, 9.17) is 9.47 Å². The highest BCUT2D eigenvalue weighted by Crippen LogP contribution is 2.45. The van der Waals surface area contributed by atoms with Crippen molar-refractivity contribution in [2.24, 2.45) is 5.92 Å². The number of hydrogen-bond donors (Lipinski definition) is 3. The number of ether oxygens (including phenoxy) is 2. The number of benzene rings is 2. The van der Waals surface area contributed by atoms with Crippen LogP contribution in [-0.4, -0.2) is 79.0 Å². The number of nitrogens with zero attached hydrogens (tertiary/aromatic N) is 2. The van der Waals surface area contributed by atoms with Crippen LogP contribution in [0.4, 0.5) is 4.79 Å². The van der Waals surface area contributed by atoms with Crippen LogP contribution in [0, 0.1) is 5.92 Å².